The van der Waals surface area contributed by atoms with Gasteiger partial charge in [-0.15, -0.1) is 0 Å². The number of aliphatic hydroxyl groups is 1. The van der Waals surface area contributed by atoms with Crippen molar-refractivity contribution in [2.75, 3.05) is 26.5 Å². The molecule has 2 N–H and O–H groups in total. The van der Waals surface area contributed by atoms with Gasteiger partial charge in [-0.3, -0.25) is 0 Å². The summed E-state index contributed by atoms with van der Waals surface area (Å²) in [6.07, 6.45) is 0.587. The molecule has 0 radical (unpaired) electrons. The van der Waals surface area contributed by atoms with Crippen molar-refractivity contribution >= 4 is 5.69 Å². The molecule has 0 spiro atoms. The van der Waals surface area contributed by atoms with E-state index in [4.69, 9.17) is 4.74 Å². The lowest BCUT2D eigenvalue weighted by Gasteiger charge is -2.25. The van der Waals surface area contributed by atoms with Crippen molar-refractivity contribution in [1.82, 2.24) is 4.90 Å². The van der Waals surface area contributed by atoms with Gasteiger partial charge in [0.15, 0.2) is 0 Å². The van der Waals surface area contributed by atoms with Crippen LogP contribution in [0.1, 0.15) is 49.1 Å². The molecule has 0 bridgehead atoms. The maximum atomic E-state index is 9.67. The zero-order chi connectivity index (χ0) is 22.4. The second-order valence-corrected chi connectivity index (χ2v) is 8.19. The van der Waals surface area contributed by atoms with Gasteiger partial charge in [-0.1, -0.05) is 49.4 Å². The summed E-state index contributed by atoms with van der Waals surface area (Å²) < 4.78 is 5.61. The first kappa shape index (κ1) is 22.9. The van der Waals surface area contributed by atoms with Crippen LogP contribution in [0.2, 0.25) is 0 Å². The first-order valence-corrected chi connectivity index (χ1v) is 10.9. The van der Waals surface area contributed by atoms with E-state index < -0.39 is 6.10 Å². The molecule has 164 valence electrons. The molecule has 0 aromatic heterocycles. The number of benzene rings is 3. The lowest BCUT2D eigenvalue weighted by Crippen LogP contribution is -2.20. The Balaban J connectivity index is 1.70. The number of anilines is 1. The van der Waals surface area contributed by atoms with Gasteiger partial charge in [-0.25, -0.2) is 0 Å². The highest BCUT2D eigenvalue weighted by Gasteiger charge is 2.17. The summed E-state index contributed by atoms with van der Waals surface area (Å²) in [4.78, 5) is 2.24. The zero-order valence-corrected chi connectivity index (χ0v) is 19.2. The summed E-state index contributed by atoms with van der Waals surface area (Å²) in [5, 5.41) is 13.2. The number of nitrogens with zero attached hydrogens (tertiary/aromatic N) is 1. The van der Waals surface area contributed by atoms with Gasteiger partial charge in [0, 0.05) is 23.8 Å². The van der Waals surface area contributed by atoms with E-state index in [-0.39, 0.29) is 0 Å². The third kappa shape index (κ3) is 5.66. The molecule has 2 unspecified atom stereocenters. The minimum Gasteiger partial charge on any atom is -0.496 e. The molecule has 4 nitrogen and oxygen atoms in total. The van der Waals surface area contributed by atoms with Gasteiger partial charge < -0.3 is 20.1 Å². The number of hydrogen-bond donors (Lipinski definition) is 2. The number of ether oxygens (including phenoxy) is 1. The fraction of sp³-hybridized carbons (Fsp3) is 0.333. The molecule has 0 amide bonds. The first-order chi connectivity index (χ1) is 14.9. The van der Waals surface area contributed by atoms with Crippen LogP contribution in [0.3, 0.4) is 0 Å². The maximum absolute atomic E-state index is 9.67. The van der Waals surface area contributed by atoms with Gasteiger partial charge in [-0.2, -0.15) is 0 Å². The predicted octanol–water partition coefficient (Wildman–Crippen LogP) is 6.04. The molecule has 4 heteroatoms. The quantitative estimate of drug-likeness (QED) is 0.445. The second kappa shape index (κ2) is 10.5. The monoisotopic (exact) mass is 418 g/mol. The molecule has 2 atom stereocenters. The fourth-order valence-corrected chi connectivity index (χ4v) is 3.96. The normalized spacial score (nSPS) is 13.1. The van der Waals surface area contributed by atoms with Crippen LogP contribution in [0.4, 0.5) is 5.69 Å². The van der Waals surface area contributed by atoms with E-state index in [1.807, 2.05) is 12.1 Å². The van der Waals surface area contributed by atoms with E-state index in [1.54, 1.807) is 14.0 Å². The van der Waals surface area contributed by atoms with E-state index >= 15 is 0 Å². The Morgan fingerprint density at radius 3 is 2.06 bits per heavy atom. The number of hydrogen-bond acceptors (Lipinski definition) is 4. The van der Waals surface area contributed by atoms with Crippen molar-refractivity contribution in [3.05, 3.63) is 83.4 Å². The van der Waals surface area contributed by atoms with Crippen LogP contribution in [0.25, 0.3) is 11.1 Å². The third-order valence-electron chi connectivity index (χ3n) is 5.77. The van der Waals surface area contributed by atoms with Crippen LogP contribution in [0, 0.1) is 0 Å². The molecule has 3 aromatic carbocycles. The van der Waals surface area contributed by atoms with Crippen molar-refractivity contribution in [2.45, 2.75) is 39.0 Å². The van der Waals surface area contributed by atoms with E-state index in [0.717, 1.165) is 41.1 Å². The van der Waals surface area contributed by atoms with Gasteiger partial charge in [0.1, 0.15) is 5.75 Å². The van der Waals surface area contributed by atoms with Gasteiger partial charge in [-0.05, 0) is 74.0 Å². The van der Waals surface area contributed by atoms with Crippen LogP contribution < -0.4 is 10.1 Å². The fourth-order valence-electron chi connectivity index (χ4n) is 3.96. The van der Waals surface area contributed by atoms with Crippen molar-refractivity contribution < 1.29 is 9.84 Å². The molecule has 31 heavy (non-hydrogen) atoms. The summed E-state index contributed by atoms with van der Waals surface area (Å²) in [6, 6.07) is 23.3. The van der Waals surface area contributed by atoms with Gasteiger partial charge >= 0.3 is 0 Å². The summed E-state index contributed by atoms with van der Waals surface area (Å²) in [6.45, 7) is 4.74. The molecule has 0 heterocycles. The minimum atomic E-state index is -0.440. The van der Waals surface area contributed by atoms with Crippen LogP contribution in [0.15, 0.2) is 66.7 Å². The largest absolute Gasteiger partial charge is 0.496 e. The van der Waals surface area contributed by atoms with Gasteiger partial charge in [0.2, 0.25) is 0 Å². The summed E-state index contributed by atoms with van der Waals surface area (Å²) in [5.74, 6) is 0.940. The molecule has 0 saturated carbocycles. The van der Waals surface area contributed by atoms with Crippen LogP contribution >= 0.6 is 0 Å². The van der Waals surface area contributed by atoms with E-state index in [9.17, 15) is 5.11 Å². The standard InChI is InChI=1S/C27H34N2O2/c1-6-26(29(3)4)25-17-20(7-16-27(25)31-5)18-28-24-14-12-23(13-15-24)22-10-8-21(9-11-22)19(2)30/h7-17,19,26,28,30H,6,18H2,1-5H3. The number of rotatable bonds is 9. The van der Waals surface area contributed by atoms with Crippen LogP contribution in [-0.4, -0.2) is 31.2 Å². The summed E-state index contributed by atoms with van der Waals surface area (Å²) in [7, 11) is 5.95. The van der Waals surface area contributed by atoms with E-state index in [1.165, 1.54) is 11.1 Å². The van der Waals surface area contributed by atoms with Crippen LogP contribution in [-0.2, 0) is 6.54 Å². The van der Waals surface area contributed by atoms with Crippen LogP contribution in [0.5, 0.6) is 5.75 Å². The molecule has 3 aromatic rings. The smallest absolute Gasteiger partial charge is 0.123 e. The summed E-state index contributed by atoms with van der Waals surface area (Å²) >= 11 is 0. The predicted molar refractivity (Wildman–Crippen MR) is 130 cm³/mol. The molecule has 0 saturated heterocycles. The average molecular weight is 419 g/mol. The maximum Gasteiger partial charge on any atom is 0.123 e. The molecule has 0 fully saturated rings. The van der Waals surface area contributed by atoms with E-state index in [0.29, 0.717) is 6.04 Å². The highest BCUT2D eigenvalue weighted by Crippen LogP contribution is 2.31. The molecule has 0 aliphatic heterocycles. The molecule has 3 rings (SSSR count). The minimum absolute atomic E-state index is 0.328. The molecular formula is C27H34N2O2. The molecule has 0 aliphatic rings. The Morgan fingerprint density at radius 1 is 0.935 bits per heavy atom. The Kier molecular flexibility index (Phi) is 7.72. The lowest BCUT2D eigenvalue weighted by molar-refractivity contribution is 0.199. The highest BCUT2D eigenvalue weighted by atomic mass is 16.5. The van der Waals surface area contributed by atoms with Crippen molar-refractivity contribution in [3.8, 4) is 16.9 Å². The second-order valence-electron chi connectivity index (χ2n) is 8.19. The first-order valence-electron chi connectivity index (χ1n) is 10.9. The Morgan fingerprint density at radius 2 is 1.55 bits per heavy atom. The van der Waals surface area contributed by atoms with Crippen molar-refractivity contribution in [2.24, 2.45) is 0 Å². The van der Waals surface area contributed by atoms with Crippen molar-refractivity contribution in [1.29, 1.82) is 0 Å². The SMILES string of the molecule is CCC(c1cc(CNc2ccc(-c3ccc(C(C)O)cc3)cc2)ccc1OC)N(C)C. The number of nitrogens with one attached hydrogen (secondary N) is 1. The third-order valence-corrected chi connectivity index (χ3v) is 5.77. The van der Waals surface area contributed by atoms with Crippen molar-refractivity contribution in [3.63, 3.8) is 0 Å². The number of aliphatic hydroxyl groups excluding tert-OH is 1. The Bertz CT molecular complexity index is 964. The average Bonchev–Trinajstić information content (AvgIpc) is 2.78. The lowest BCUT2D eigenvalue weighted by atomic mass is 9.99. The molecule has 0 aliphatic carbocycles. The summed E-state index contributed by atoms with van der Waals surface area (Å²) in [5.41, 5.74) is 6.78. The highest BCUT2D eigenvalue weighted by molar-refractivity contribution is 5.66. The number of methoxy groups -OCH3 is 1. The topological polar surface area (TPSA) is 44.7 Å². The Labute approximate surface area is 186 Å². The molecular weight excluding hydrogens is 384 g/mol. The Hall–Kier alpha value is -2.82. The van der Waals surface area contributed by atoms with Gasteiger partial charge in [0.05, 0.1) is 13.2 Å². The zero-order valence-electron chi connectivity index (χ0n) is 19.2. The van der Waals surface area contributed by atoms with E-state index in [2.05, 4.69) is 85.8 Å². The van der Waals surface area contributed by atoms with Gasteiger partial charge in [0.25, 0.3) is 0 Å².